The fourth-order valence-corrected chi connectivity index (χ4v) is 3.98. The van der Waals surface area contributed by atoms with Gasteiger partial charge >= 0.3 is 5.97 Å². The summed E-state index contributed by atoms with van der Waals surface area (Å²) in [5, 5.41) is 5.63. The van der Waals surface area contributed by atoms with Gasteiger partial charge in [0.25, 0.3) is 5.91 Å². The third-order valence-electron chi connectivity index (χ3n) is 5.87. The highest BCUT2D eigenvalue weighted by atomic mass is 16.6. The number of rotatable bonds is 12. The number of hydrogen-bond acceptors (Lipinski definition) is 6. The van der Waals surface area contributed by atoms with Crippen molar-refractivity contribution < 1.29 is 23.9 Å². The molecule has 0 unspecified atom stereocenters. The van der Waals surface area contributed by atoms with Gasteiger partial charge in [0, 0.05) is 18.8 Å². The van der Waals surface area contributed by atoms with Crippen LogP contribution in [-0.2, 0) is 27.4 Å². The van der Waals surface area contributed by atoms with Gasteiger partial charge < -0.3 is 20.1 Å². The van der Waals surface area contributed by atoms with Gasteiger partial charge in [0.05, 0.1) is 5.56 Å². The number of benzene rings is 2. The Morgan fingerprint density at radius 1 is 0.850 bits per heavy atom. The second kappa shape index (κ2) is 14.3. The van der Waals surface area contributed by atoms with E-state index in [4.69, 9.17) is 9.47 Å². The van der Waals surface area contributed by atoms with Crippen LogP contribution in [0.5, 0.6) is 5.75 Å². The molecule has 40 heavy (non-hydrogen) atoms. The summed E-state index contributed by atoms with van der Waals surface area (Å²) < 4.78 is 11.5. The van der Waals surface area contributed by atoms with Gasteiger partial charge in [-0.1, -0.05) is 56.3 Å². The zero-order valence-electron chi connectivity index (χ0n) is 23.8. The third-order valence-corrected chi connectivity index (χ3v) is 5.87. The normalized spacial score (nSPS) is 12.8. The van der Waals surface area contributed by atoms with E-state index in [0.29, 0.717) is 24.3 Å². The molecule has 2 N–H and O–H groups in total. The molecule has 0 saturated heterocycles. The molecule has 8 heteroatoms. The number of nitrogens with one attached hydrogen (secondary N) is 2. The second-order valence-corrected chi connectivity index (χ2v) is 11.1. The van der Waals surface area contributed by atoms with Gasteiger partial charge in [0.15, 0.2) is 0 Å². The Bertz CT molecular complexity index is 1240. The first-order chi connectivity index (χ1) is 19.0. The van der Waals surface area contributed by atoms with Crippen LogP contribution in [0.15, 0.2) is 79.1 Å². The molecule has 0 radical (unpaired) electrons. The van der Waals surface area contributed by atoms with Crippen LogP contribution in [0.2, 0.25) is 0 Å². The lowest BCUT2D eigenvalue weighted by atomic mass is 10.0. The number of amides is 2. The SMILES string of the molecule is CC(C)C[C@H](NC(=O)c1cccnc1)C(=O)N[C@@H](Cc1ccc(OCc2ccccc2)cc1)C(=O)OC(C)(C)C. The number of nitrogens with zero attached hydrogens (tertiary/aromatic N) is 1. The molecule has 1 heterocycles. The molecule has 0 aliphatic carbocycles. The highest BCUT2D eigenvalue weighted by Crippen LogP contribution is 2.17. The number of pyridine rings is 1. The number of hydrogen-bond donors (Lipinski definition) is 2. The monoisotopic (exact) mass is 545 g/mol. The minimum absolute atomic E-state index is 0.119. The molecule has 0 aliphatic heterocycles. The lowest BCUT2D eigenvalue weighted by Crippen LogP contribution is -2.53. The van der Waals surface area contributed by atoms with E-state index in [9.17, 15) is 14.4 Å². The molecular weight excluding hydrogens is 506 g/mol. The van der Waals surface area contributed by atoms with Crippen molar-refractivity contribution >= 4 is 17.8 Å². The molecule has 8 nitrogen and oxygen atoms in total. The maximum atomic E-state index is 13.4. The molecule has 2 atom stereocenters. The van der Waals surface area contributed by atoms with Crippen molar-refractivity contribution in [1.29, 1.82) is 0 Å². The highest BCUT2D eigenvalue weighted by molar-refractivity contribution is 5.98. The van der Waals surface area contributed by atoms with Crippen molar-refractivity contribution in [1.82, 2.24) is 15.6 Å². The van der Waals surface area contributed by atoms with Gasteiger partial charge in [-0.25, -0.2) is 4.79 Å². The Labute approximate surface area is 236 Å². The van der Waals surface area contributed by atoms with Gasteiger partial charge in [0.2, 0.25) is 5.91 Å². The van der Waals surface area contributed by atoms with E-state index in [2.05, 4.69) is 15.6 Å². The van der Waals surface area contributed by atoms with Crippen molar-refractivity contribution in [2.45, 2.75) is 71.8 Å². The zero-order valence-corrected chi connectivity index (χ0v) is 23.8. The summed E-state index contributed by atoms with van der Waals surface area (Å²) in [4.78, 5) is 43.3. The van der Waals surface area contributed by atoms with Crippen molar-refractivity contribution in [2.24, 2.45) is 5.92 Å². The van der Waals surface area contributed by atoms with Crippen molar-refractivity contribution in [2.75, 3.05) is 0 Å². The Morgan fingerprint density at radius 3 is 2.15 bits per heavy atom. The smallest absolute Gasteiger partial charge is 0.329 e. The van der Waals surface area contributed by atoms with Crippen LogP contribution in [0.4, 0.5) is 0 Å². The first-order valence-corrected chi connectivity index (χ1v) is 13.5. The molecule has 2 amide bonds. The summed E-state index contributed by atoms with van der Waals surface area (Å²) in [7, 11) is 0. The standard InChI is InChI=1S/C32H39N3O5/c1-22(2)18-27(34-29(36)25-12-9-17-33-20-25)30(37)35-28(31(38)40-32(3,4)5)19-23-13-15-26(16-14-23)39-21-24-10-7-6-8-11-24/h6-17,20,22,27-28H,18-19,21H2,1-5H3,(H,34,36)(H,35,37)/t27-,28-/m0/s1. The molecule has 3 aromatic rings. The highest BCUT2D eigenvalue weighted by Gasteiger charge is 2.30. The average Bonchev–Trinajstić information content (AvgIpc) is 2.91. The quantitative estimate of drug-likeness (QED) is 0.315. The van der Waals surface area contributed by atoms with Crippen LogP contribution in [0.1, 0.15) is 62.5 Å². The summed E-state index contributed by atoms with van der Waals surface area (Å²) in [6.45, 7) is 9.69. The Kier molecular flexibility index (Phi) is 10.8. The van der Waals surface area contributed by atoms with Crippen molar-refractivity contribution in [3.05, 3.63) is 95.8 Å². The fourth-order valence-electron chi connectivity index (χ4n) is 3.98. The van der Waals surface area contributed by atoms with Gasteiger partial charge in [-0.05, 0) is 68.5 Å². The lowest BCUT2D eigenvalue weighted by molar-refractivity contribution is -0.158. The number of esters is 1. The van der Waals surface area contributed by atoms with Crippen LogP contribution in [0, 0.1) is 5.92 Å². The maximum absolute atomic E-state index is 13.4. The molecule has 212 valence electrons. The maximum Gasteiger partial charge on any atom is 0.329 e. The number of carbonyl (C=O) groups is 3. The molecule has 0 bridgehead atoms. The van der Waals surface area contributed by atoms with Crippen molar-refractivity contribution in [3.63, 3.8) is 0 Å². The van der Waals surface area contributed by atoms with Crippen LogP contribution >= 0.6 is 0 Å². The predicted molar refractivity (Wildman–Crippen MR) is 154 cm³/mol. The first kappa shape index (κ1) is 30.3. The van der Waals surface area contributed by atoms with E-state index in [0.717, 1.165) is 11.1 Å². The van der Waals surface area contributed by atoms with E-state index in [1.165, 1.54) is 6.20 Å². The van der Waals surface area contributed by atoms with Gasteiger partial charge in [-0.15, -0.1) is 0 Å². The molecule has 1 aromatic heterocycles. The number of carbonyl (C=O) groups excluding carboxylic acids is 3. The summed E-state index contributed by atoms with van der Waals surface area (Å²) in [6, 6.07) is 18.8. The lowest BCUT2D eigenvalue weighted by Gasteiger charge is -2.27. The fraction of sp³-hybridized carbons (Fsp3) is 0.375. The first-order valence-electron chi connectivity index (χ1n) is 13.5. The van der Waals surface area contributed by atoms with E-state index in [-0.39, 0.29) is 12.3 Å². The topological polar surface area (TPSA) is 107 Å². The molecule has 3 rings (SSSR count). The number of ether oxygens (including phenoxy) is 2. The molecule has 0 saturated carbocycles. The summed E-state index contributed by atoms with van der Waals surface area (Å²) in [6.07, 6.45) is 3.62. The molecule has 0 fully saturated rings. The van der Waals surface area contributed by atoms with Crippen LogP contribution < -0.4 is 15.4 Å². The van der Waals surface area contributed by atoms with Gasteiger partial charge in [-0.2, -0.15) is 0 Å². The van der Waals surface area contributed by atoms with Gasteiger partial charge in [0.1, 0.15) is 30.0 Å². The number of aromatic nitrogens is 1. The molecular formula is C32H39N3O5. The Morgan fingerprint density at radius 2 is 1.55 bits per heavy atom. The zero-order chi connectivity index (χ0) is 29.1. The second-order valence-electron chi connectivity index (χ2n) is 11.1. The predicted octanol–water partition coefficient (Wildman–Crippen LogP) is 4.87. The minimum Gasteiger partial charge on any atom is -0.489 e. The summed E-state index contributed by atoms with van der Waals surface area (Å²) >= 11 is 0. The third kappa shape index (κ3) is 10.2. The minimum atomic E-state index is -0.951. The van der Waals surface area contributed by atoms with E-state index >= 15 is 0 Å². The van der Waals surface area contributed by atoms with Crippen LogP contribution in [0.3, 0.4) is 0 Å². The van der Waals surface area contributed by atoms with E-state index in [1.807, 2.05) is 68.4 Å². The summed E-state index contributed by atoms with van der Waals surface area (Å²) in [5.74, 6) is -0.598. The largest absolute Gasteiger partial charge is 0.489 e. The Hall–Kier alpha value is -4.20. The average molecular weight is 546 g/mol. The van der Waals surface area contributed by atoms with Gasteiger partial charge in [-0.3, -0.25) is 14.6 Å². The van der Waals surface area contributed by atoms with Crippen LogP contribution in [0.25, 0.3) is 0 Å². The van der Waals surface area contributed by atoms with Crippen LogP contribution in [-0.4, -0.2) is 40.5 Å². The molecule has 2 aromatic carbocycles. The molecule has 0 spiro atoms. The van der Waals surface area contributed by atoms with Crippen molar-refractivity contribution in [3.8, 4) is 5.75 Å². The van der Waals surface area contributed by atoms with E-state index < -0.39 is 35.5 Å². The summed E-state index contributed by atoms with van der Waals surface area (Å²) in [5.41, 5.74) is 1.50. The molecule has 0 aliphatic rings. The van der Waals surface area contributed by atoms with E-state index in [1.54, 1.807) is 39.1 Å². The Balaban J connectivity index is 1.72.